The van der Waals surface area contributed by atoms with Crippen molar-refractivity contribution in [3.8, 4) is 0 Å². The normalized spacial score (nSPS) is 10.8. The number of nitrogens with two attached hydrogens (primary N) is 1. The minimum Gasteiger partial charge on any atom is -0.338 e. The molecule has 2 heterocycles. The van der Waals surface area contributed by atoms with E-state index in [0.717, 1.165) is 28.3 Å². The average molecular weight is 253 g/mol. The molecule has 0 radical (unpaired) electrons. The maximum absolute atomic E-state index is 5.65. The Labute approximate surface area is 111 Å². The van der Waals surface area contributed by atoms with E-state index in [1.54, 1.807) is 6.20 Å². The number of rotatable bonds is 3. The zero-order chi connectivity index (χ0) is 13.2. The Morgan fingerprint density at radius 1 is 1.32 bits per heavy atom. The molecule has 0 aliphatic heterocycles. The molecule has 0 amide bonds. The van der Waals surface area contributed by atoms with E-state index in [-0.39, 0.29) is 0 Å². The smallest absolute Gasteiger partial charge is 0.156 e. The molecule has 3 rings (SSSR count). The maximum Gasteiger partial charge on any atom is 0.156 e. The predicted octanol–water partition coefficient (Wildman–Crippen LogP) is 2.24. The molecular formula is C14H15N5. The van der Waals surface area contributed by atoms with Crippen LogP contribution in [0.5, 0.6) is 0 Å². The van der Waals surface area contributed by atoms with Crippen LogP contribution < -0.4 is 11.1 Å². The molecule has 0 saturated carbocycles. The van der Waals surface area contributed by atoms with Gasteiger partial charge in [0.05, 0.1) is 5.69 Å². The fourth-order valence-electron chi connectivity index (χ4n) is 2.05. The first-order valence-electron chi connectivity index (χ1n) is 6.13. The molecule has 0 bridgehead atoms. The fourth-order valence-corrected chi connectivity index (χ4v) is 2.05. The Kier molecular flexibility index (Phi) is 2.89. The van der Waals surface area contributed by atoms with Crippen molar-refractivity contribution in [2.75, 3.05) is 5.32 Å². The molecule has 0 fully saturated rings. The quantitative estimate of drug-likeness (QED) is 0.751. The number of hydrogen-bond donors (Lipinski definition) is 2. The lowest BCUT2D eigenvalue weighted by Gasteiger charge is -2.08. The summed E-state index contributed by atoms with van der Waals surface area (Å²) in [5.74, 6) is 0.789. The van der Waals surface area contributed by atoms with Gasteiger partial charge in [-0.1, -0.05) is 12.1 Å². The second-order valence-electron chi connectivity index (χ2n) is 4.42. The van der Waals surface area contributed by atoms with Gasteiger partial charge in [-0.05, 0) is 30.7 Å². The molecule has 0 saturated heterocycles. The van der Waals surface area contributed by atoms with Crippen molar-refractivity contribution in [3.05, 3.63) is 54.0 Å². The molecular weight excluding hydrogens is 238 g/mol. The van der Waals surface area contributed by atoms with E-state index in [2.05, 4.69) is 15.4 Å². The molecule has 5 nitrogen and oxygen atoms in total. The summed E-state index contributed by atoms with van der Waals surface area (Å²) in [7, 11) is 0. The summed E-state index contributed by atoms with van der Waals surface area (Å²) in [5.41, 5.74) is 9.63. The summed E-state index contributed by atoms with van der Waals surface area (Å²) in [4.78, 5) is 4.37. The number of fused-ring (bicyclic) bond motifs is 1. The van der Waals surface area contributed by atoms with Crippen molar-refractivity contribution >= 4 is 17.0 Å². The van der Waals surface area contributed by atoms with Gasteiger partial charge in [0, 0.05) is 24.6 Å². The lowest BCUT2D eigenvalue weighted by Crippen LogP contribution is -2.00. The standard InChI is InChI=1S/C14H15N5/c1-10-7-13-14(16-5-6-19(13)18-10)17-12-4-2-3-11(8-12)9-15/h2-8H,9,15H2,1H3,(H,16,17). The van der Waals surface area contributed by atoms with Crippen molar-refractivity contribution in [3.63, 3.8) is 0 Å². The second-order valence-corrected chi connectivity index (χ2v) is 4.42. The number of hydrogen-bond acceptors (Lipinski definition) is 4. The third kappa shape index (κ3) is 2.28. The number of nitrogens with zero attached hydrogens (tertiary/aromatic N) is 3. The van der Waals surface area contributed by atoms with Gasteiger partial charge in [0.25, 0.3) is 0 Å². The number of benzene rings is 1. The molecule has 5 heteroatoms. The summed E-state index contributed by atoms with van der Waals surface area (Å²) < 4.78 is 1.82. The Bertz CT molecular complexity index is 717. The average Bonchev–Trinajstić information content (AvgIpc) is 2.80. The van der Waals surface area contributed by atoms with Gasteiger partial charge < -0.3 is 11.1 Å². The van der Waals surface area contributed by atoms with E-state index < -0.39 is 0 Å². The van der Waals surface area contributed by atoms with Gasteiger partial charge >= 0.3 is 0 Å². The highest BCUT2D eigenvalue weighted by Crippen LogP contribution is 2.20. The Morgan fingerprint density at radius 2 is 2.21 bits per heavy atom. The highest BCUT2D eigenvalue weighted by molar-refractivity contribution is 5.73. The van der Waals surface area contributed by atoms with Gasteiger partial charge in [0.15, 0.2) is 5.82 Å². The van der Waals surface area contributed by atoms with Gasteiger partial charge in [-0.15, -0.1) is 0 Å². The Balaban J connectivity index is 2.00. The monoisotopic (exact) mass is 253 g/mol. The third-order valence-corrected chi connectivity index (χ3v) is 2.94. The van der Waals surface area contributed by atoms with E-state index >= 15 is 0 Å². The van der Waals surface area contributed by atoms with Crippen LogP contribution in [0.2, 0.25) is 0 Å². The van der Waals surface area contributed by atoms with E-state index in [9.17, 15) is 0 Å². The molecule has 19 heavy (non-hydrogen) atoms. The van der Waals surface area contributed by atoms with Crippen LogP contribution in [0.3, 0.4) is 0 Å². The van der Waals surface area contributed by atoms with E-state index in [4.69, 9.17) is 5.73 Å². The number of nitrogens with one attached hydrogen (secondary N) is 1. The molecule has 0 unspecified atom stereocenters. The van der Waals surface area contributed by atoms with E-state index in [1.807, 2.05) is 48.0 Å². The minimum atomic E-state index is 0.527. The van der Waals surface area contributed by atoms with Crippen LogP contribution in [-0.4, -0.2) is 14.6 Å². The van der Waals surface area contributed by atoms with Crippen molar-refractivity contribution in [2.45, 2.75) is 13.5 Å². The molecule has 0 spiro atoms. The Morgan fingerprint density at radius 3 is 3.05 bits per heavy atom. The summed E-state index contributed by atoms with van der Waals surface area (Å²) in [5, 5.41) is 7.67. The van der Waals surface area contributed by atoms with Crippen LogP contribution in [0, 0.1) is 6.92 Å². The molecule has 0 atom stereocenters. The van der Waals surface area contributed by atoms with Crippen LogP contribution in [0.15, 0.2) is 42.7 Å². The molecule has 3 N–H and O–H groups in total. The number of aryl methyl sites for hydroxylation is 1. The van der Waals surface area contributed by atoms with Crippen molar-refractivity contribution < 1.29 is 0 Å². The van der Waals surface area contributed by atoms with Gasteiger partial charge in [-0.2, -0.15) is 5.10 Å². The van der Waals surface area contributed by atoms with Crippen molar-refractivity contribution in [1.82, 2.24) is 14.6 Å². The lowest BCUT2D eigenvalue weighted by molar-refractivity contribution is 0.924. The fraction of sp³-hybridized carbons (Fsp3) is 0.143. The zero-order valence-corrected chi connectivity index (χ0v) is 10.7. The largest absolute Gasteiger partial charge is 0.338 e. The topological polar surface area (TPSA) is 68.2 Å². The van der Waals surface area contributed by atoms with Crippen LogP contribution >= 0.6 is 0 Å². The third-order valence-electron chi connectivity index (χ3n) is 2.94. The van der Waals surface area contributed by atoms with Crippen molar-refractivity contribution in [2.24, 2.45) is 5.73 Å². The van der Waals surface area contributed by atoms with Gasteiger partial charge in [-0.25, -0.2) is 9.50 Å². The molecule has 3 aromatic rings. The summed E-state index contributed by atoms with van der Waals surface area (Å²) in [6, 6.07) is 10.00. The first kappa shape index (κ1) is 11.7. The van der Waals surface area contributed by atoms with Gasteiger partial charge in [0.2, 0.25) is 0 Å². The highest BCUT2D eigenvalue weighted by atomic mass is 15.2. The van der Waals surface area contributed by atoms with Crippen LogP contribution in [-0.2, 0) is 6.54 Å². The predicted molar refractivity (Wildman–Crippen MR) is 75.3 cm³/mol. The number of aromatic nitrogens is 3. The summed E-state index contributed by atoms with van der Waals surface area (Å²) in [6.07, 6.45) is 3.57. The maximum atomic E-state index is 5.65. The van der Waals surface area contributed by atoms with Crippen LogP contribution in [0.4, 0.5) is 11.5 Å². The van der Waals surface area contributed by atoms with E-state index in [1.165, 1.54) is 0 Å². The van der Waals surface area contributed by atoms with Crippen LogP contribution in [0.1, 0.15) is 11.3 Å². The lowest BCUT2D eigenvalue weighted by atomic mass is 10.2. The number of anilines is 2. The first-order valence-corrected chi connectivity index (χ1v) is 6.13. The van der Waals surface area contributed by atoms with Crippen LogP contribution in [0.25, 0.3) is 5.52 Å². The van der Waals surface area contributed by atoms with E-state index in [0.29, 0.717) is 6.54 Å². The van der Waals surface area contributed by atoms with Gasteiger partial charge in [-0.3, -0.25) is 0 Å². The molecule has 2 aromatic heterocycles. The van der Waals surface area contributed by atoms with Gasteiger partial charge in [0.1, 0.15) is 5.52 Å². The second kappa shape index (κ2) is 4.70. The highest BCUT2D eigenvalue weighted by Gasteiger charge is 2.05. The molecule has 96 valence electrons. The Hall–Kier alpha value is -2.40. The zero-order valence-electron chi connectivity index (χ0n) is 10.7. The first-order chi connectivity index (χ1) is 9.26. The summed E-state index contributed by atoms with van der Waals surface area (Å²) >= 11 is 0. The SMILES string of the molecule is Cc1cc2c(Nc3cccc(CN)c3)nccn2n1. The molecule has 0 aliphatic rings. The molecule has 0 aliphatic carbocycles. The summed E-state index contributed by atoms with van der Waals surface area (Å²) in [6.45, 7) is 2.49. The van der Waals surface area contributed by atoms with Crippen molar-refractivity contribution in [1.29, 1.82) is 0 Å². The minimum absolute atomic E-state index is 0.527. The molecule has 1 aromatic carbocycles.